The van der Waals surface area contributed by atoms with Crippen molar-refractivity contribution in [3.05, 3.63) is 53.9 Å². The van der Waals surface area contributed by atoms with E-state index >= 15 is 0 Å². The SMILES string of the molecule is Cc1cc(C)n2nc(C(=O)Nc3cccc(-n4cnnn4)c3)nc2n1. The number of aromatic nitrogens is 8. The largest absolute Gasteiger partial charge is 0.319 e. The van der Waals surface area contributed by atoms with Crippen molar-refractivity contribution in [2.24, 2.45) is 0 Å². The molecule has 4 rings (SSSR count). The van der Waals surface area contributed by atoms with Gasteiger partial charge in [0.25, 0.3) is 11.7 Å². The lowest BCUT2D eigenvalue weighted by Gasteiger charge is -2.05. The molecule has 0 radical (unpaired) electrons. The minimum Gasteiger partial charge on any atom is -0.319 e. The number of tetrazole rings is 1. The average molecular weight is 335 g/mol. The van der Waals surface area contributed by atoms with Crippen LogP contribution in [0.2, 0.25) is 0 Å². The zero-order chi connectivity index (χ0) is 17.4. The van der Waals surface area contributed by atoms with E-state index in [0.717, 1.165) is 17.1 Å². The molecule has 0 unspecified atom stereocenters. The average Bonchev–Trinajstić information content (AvgIpc) is 3.24. The third-order valence-electron chi connectivity index (χ3n) is 3.54. The van der Waals surface area contributed by atoms with E-state index in [-0.39, 0.29) is 5.82 Å². The van der Waals surface area contributed by atoms with E-state index in [0.29, 0.717) is 11.5 Å². The number of anilines is 1. The first-order chi connectivity index (χ1) is 12.1. The Kier molecular flexibility index (Phi) is 3.42. The zero-order valence-electron chi connectivity index (χ0n) is 13.5. The van der Waals surface area contributed by atoms with Crippen molar-refractivity contribution in [3.8, 4) is 5.69 Å². The van der Waals surface area contributed by atoms with Gasteiger partial charge in [0.15, 0.2) is 0 Å². The van der Waals surface area contributed by atoms with Crippen LogP contribution >= 0.6 is 0 Å². The predicted molar refractivity (Wildman–Crippen MR) is 87.4 cm³/mol. The molecule has 0 bridgehead atoms. The highest BCUT2D eigenvalue weighted by atomic mass is 16.2. The molecule has 3 aromatic heterocycles. The van der Waals surface area contributed by atoms with E-state index in [1.54, 1.807) is 22.7 Å². The topological polar surface area (TPSA) is 116 Å². The predicted octanol–water partition coefficient (Wildman–Crippen LogP) is 0.969. The highest BCUT2D eigenvalue weighted by molar-refractivity contribution is 6.01. The molecule has 1 aromatic carbocycles. The fourth-order valence-electron chi connectivity index (χ4n) is 2.46. The summed E-state index contributed by atoms with van der Waals surface area (Å²) in [5.74, 6) is 0.0236. The van der Waals surface area contributed by atoms with E-state index in [1.165, 1.54) is 11.0 Å². The Bertz CT molecular complexity index is 1070. The Balaban J connectivity index is 1.62. The first-order valence-electron chi connectivity index (χ1n) is 7.46. The van der Waals surface area contributed by atoms with Gasteiger partial charge in [-0.3, -0.25) is 4.79 Å². The van der Waals surface area contributed by atoms with Crippen molar-refractivity contribution in [3.63, 3.8) is 0 Å². The standard InChI is InChI=1S/C15H13N9O/c1-9-6-10(2)24-15(17-9)19-13(20-24)14(25)18-11-4-3-5-12(7-11)23-8-16-21-22-23/h3-8H,1-2H3,(H,18,25). The second-order valence-corrected chi connectivity index (χ2v) is 5.44. The van der Waals surface area contributed by atoms with Crippen molar-refractivity contribution < 1.29 is 4.79 Å². The molecule has 0 spiro atoms. The quantitative estimate of drug-likeness (QED) is 0.593. The van der Waals surface area contributed by atoms with Crippen molar-refractivity contribution in [2.45, 2.75) is 13.8 Å². The summed E-state index contributed by atoms with van der Waals surface area (Å²) >= 11 is 0. The van der Waals surface area contributed by atoms with Crippen LogP contribution < -0.4 is 5.32 Å². The maximum atomic E-state index is 12.5. The van der Waals surface area contributed by atoms with Gasteiger partial charge in [-0.25, -0.2) is 14.2 Å². The summed E-state index contributed by atoms with van der Waals surface area (Å²) in [6.45, 7) is 3.75. The molecule has 10 heteroatoms. The van der Waals surface area contributed by atoms with Crippen LogP contribution in [0.5, 0.6) is 0 Å². The molecule has 0 aliphatic rings. The first kappa shape index (κ1) is 14.9. The molecule has 0 fully saturated rings. The molecule has 124 valence electrons. The molecule has 10 nitrogen and oxygen atoms in total. The number of nitrogens with one attached hydrogen (secondary N) is 1. The molecule has 0 atom stereocenters. The molecule has 1 amide bonds. The highest BCUT2D eigenvalue weighted by Crippen LogP contribution is 2.14. The number of amides is 1. The van der Waals surface area contributed by atoms with Gasteiger partial charge < -0.3 is 5.32 Å². The summed E-state index contributed by atoms with van der Waals surface area (Å²) in [4.78, 5) is 20.9. The molecule has 0 aliphatic carbocycles. The van der Waals surface area contributed by atoms with Gasteiger partial charge in [0.2, 0.25) is 5.82 Å². The van der Waals surface area contributed by atoms with Crippen LogP contribution in [0.15, 0.2) is 36.7 Å². The minimum atomic E-state index is -0.420. The van der Waals surface area contributed by atoms with Crippen LogP contribution in [0.3, 0.4) is 0 Å². The van der Waals surface area contributed by atoms with Crippen LogP contribution in [-0.4, -0.2) is 45.7 Å². The number of nitrogens with zero attached hydrogens (tertiary/aromatic N) is 8. The van der Waals surface area contributed by atoms with Crippen molar-refractivity contribution in [1.82, 2.24) is 39.8 Å². The third-order valence-corrected chi connectivity index (χ3v) is 3.54. The van der Waals surface area contributed by atoms with Crippen LogP contribution in [-0.2, 0) is 0 Å². The second kappa shape index (κ2) is 5.74. The lowest BCUT2D eigenvalue weighted by molar-refractivity contribution is 0.101. The minimum absolute atomic E-state index is 0.0500. The van der Waals surface area contributed by atoms with Crippen LogP contribution in [0, 0.1) is 13.8 Å². The molecule has 4 aromatic rings. The van der Waals surface area contributed by atoms with Gasteiger partial charge in [-0.05, 0) is 48.5 Å². The lowest BCUT2D eigenvalue weighted by atomic mass is 10.2. The Morgan fingerprint density at radius 3 is 2.84 bits per heavy atom. The summed E-state index contributed by atoms with van der Waals surface area (Å²) in [6.07, 6.45) is 1.47. The summed E-state index contributed by atoms with van der Waals surface area (Å²) in [5, 5.41) is 18.0. The Morgan fingerprint density at radius 2 is 2.04 bits per heavy atom. The normalized spacial score (nSPS) is 11.0. The fraction of sp³-hybridized carbons (Fsp3) is 0.133. The number of rotatable bonds is 3. The summed E-state index contributed by atoms with van der Waals surface area (Å²) in [6, 6.07) is 9.00. The molecule has 0 saturated heterocycles. The van der Waals surface area contributed by atoms with Gasteiger partial charge in [0.1, 0.15) is 6.33 Å². The van der Waals surface area contributed by atoms with Crippen molar-refractivity contribution in [2.75, 3.05) is 5.32 Å². The maximum absolute atomic E-state index is 12.5. The van der Waals surface area contributed by atoms with Crippen molar-refractivity contribution >= 4 is 17.4 Å². The van der Waals surface area contributed by atoms with Gasteiger partial charge in [-0.1, -0.05) is 6.07 Å². The number of benzene rings is 1. The van der Waals surface area contributed by atoms with E-state index < -0.39 is 5.91 Å². The van der Waals surface area contributed by atoms with Gasteiger partial charge in [-0.2, -0.15) is 4.98 Å². The van der Waals surface area contributed by atoms with Crippen LogP contribution in [0.4, 0.5) is 5.69 Å². The van der Waals surface area contributed by atoms with E-state index in [9.17, 15) is 4.79 Å². The van der Waals surface area contributed by atoms with Gasteiger partial charge >= 0.3 is 0 Å². The third kappa shape index (κ3) is 2.80. The molecule has 0 aliphatic heterocycles. The van der Waals surface area contributed by atoms with E-state index in [1.807, 2.05) is 26.0 Å². The van der Waals surface area contributed by atoms with Crippen molar-refractivity contribution in [1.29, 1.82) is 0 Å². The molecule has 1 N–H and O–H groups in total. The molecule has 25 heavy (non-hydrogen) atoms. The smallest absolute Gasteiger partial charge is 0.295 e. The molecule has 3 heterocycles. The van der Waals surface area contributed by atoms with Crippen LogP contribution in [0.1, 0.15) is 22.0 Å². The molecular weight excluding hydrogens is 322 g/mol. The number of carbonyl (C=O) groups excluding carboxylic acids is 1. The summed E-state index contributed by atoms with van der Waals surface area (Å²) in [5.41, 5.74) is 2.98. The first-order valence-corrected chi connectivity index (χ1v) is 7.46. The maximum Gasteiger partial charge on any atom is 0.295 e. The monoisotopic (exact) mass is 335 g/mol. The lowest BCUT2D eigenvalue weighted by Crippen LogP contribution is -2.14. The van der Waals surface area contributed by atoms with E-state index in [4.69, 9.17) is 0 Å². The molecule has 0 saturated carbocycles. The Labute approximate surface area is 141 Å². The fourth-order valence-corrected chi connectivity index (χ4v) is 2.46. The number of fused-ring (bicyclic) bond motifs is 1. The van der Waals surface area contributed by atoms with Gasteiger partial charge in [-0.15, -0.1) is 10.2 Å². The second-order valence-electron chi connectivity index (χ2n) is 5.44. The summed E-state index contributed by atoms with van der Waals surface area (Å²) in [7, 11) is 0. The van der Waals surface area contributed by atoms with Gasteiger partial charge in [0.05, 0.1) is 5.69 Å². The Hall–Kier alpha value is -3.69. The number of hydrogen-bond acceptors (Lipinski definition) is 7. The summed E-state index contributed by atoms with van der Waals surface area (Å²) < 4.78 is 3.04. The molecular formula is C15H13N9O. The number of aryl methyl sites for hydroxylation is 2. The zero-order valence-corrected chi connectivity index (χ0v) is 13.5. The highest BCUT2D eigenvalue weighted by Gasteiger charge is 2.15. The van der Waals surface area contributed by atoms with Gasteiger partial charge in [0, 0.05) is 17.1 Å². The number of carbonyl (C=O) groups is 1. The van der Waals surface area contributed by atoms with Crippen LogP contribution in [0.25, 0.3) is 11.5 Å². The number of hydrogen-bond donors (Lipinski definition) is 1. The Morgan fingerprint density at radius 1 is 1.16 bits per heavy atom. The van der Waals surface area contributed by atoms with E-state index in [2.05, 4.69) is 35.9 Å².